The Bertz CT molecular complexity index is 1360. The van der Waals surface area contributed by atoms with Crippen molar-refractivity contribution in [3.63, 3.8) is 0 Å². The Balaban J connectivity index is 1.26. The predicted molar refractivity (Wildman–Crippen MR) is 127 cm³/mol. The molecule has 170 valence electrons. The zero-order valence-electron chi connectivity index (χ0n) is 18.8. The van der Waals surface area contributed by atoms with Crippen molar-refractivity contribution in [2.45, 2.75) is 44.4 Å². The summed E-state index contributed by atoms with van der Waals surface area (Å²) in [7, 11) is 1.87. The topological polar surface area (TPSA) is 79.1 Å². The van der Waals surface area contributed by atoms with E-state index in [2.05, 4.69) is 15.3 Å². The number of benzene rings is 1. The van der Waals surface area contributed by atoms with Crippen LogP contribution in [0.5, 0.6) is 5.75 Å². The maximum Gasteiger partial charge on any atom is 0.130 e. The standard InChI is InChI=1S/C25H27FN6O/c1-14-24-15(12-31(2)30-24)9-19(25(14)33)20-3-4-22-21(28-20)5-6-23(29-22)32-8-7-17(13-32)27-18-10-16(26)11-18/h3-6,9,12,16-18,27,33H,7-8,10-11,13H2,1-2H3/t16-,17?,18-. The third-order valence-corrected chi connectivity index (χ3v) is 6.99. The minimum Gasteiger partial charge on any atom is -0.507 e. The molecule has 1 aromatic carbocycles. The van der Waals surface area contributed by atoms with E-state index in [1.807, 2.05) is 50.5 Å². The number of alkyl halides is 1. The molecule has 33 heavy (non-hydrogen) atoms. The molecule has 2 aliphatic rings. The number of hydrogen-bond donors (Lipinski definition) is 2. The number of aromatic hydroxyl groups is 1. The van der Waals surface area contributed by atoms with Crippen molar-refractivity contribution in [3.05, 3.63) is 42.1 Å². The second kappa shape index (κ2) is 7.66. The first-order valence-corrected chi connectivity index (χ1v) is 11.5. The number of pyridine rings is 2. The van der Waals surface area contributed by atoms with E-state index in [9.17, 15) is 9.50 Å². The fourth-order valence-electron chi connectivity index (χ4n) is 5.08. The van der Waals surface area contributed by atoms with E-state index in [1.165, 1.54) is 0 Å². The third-order valence-electron chi connectivity index (χ3n) is 6.99. The highest BCUT2D eigenvalue weighted by Gasteiger charge is 2.33. The summed E-state index contributed by atoms with van der Waals surface area (Å²) in [6.45, 7) is 3.70. The van der Waals surface area contributed by atoms with Crippen molar-refractivity contribution in [1.82, 2.24) is 25.1 Å². The van der Waals surface area contributed by atoms with E-state index in [0.29, 0.717) is 36.2 Å². The Morgan fingerprint density at radius 2 is 1.88 bits per heavy atom. The second-order valence-electron chi connectivity index (χ2n) is 9.41. The van der Waals surface area contributed by atoms with Gasteiger partial charge in [-0.1, -0.05) is 0 Å². The largest absolute Gasteiger partial charge is 0.507 e. The van der Waals surface area contributed by atoms with Crippen molar-refractivity contribution in [3.8, 4) is 17.0 Å². The lowest BCUT2D eigenvalue weighted by Crippen LogP contribution is -2.48. The molecule has 1 saturated carbocycles. The van der Waals surface area contributed by atoms with Crippen LogP contribution in [0.2, 0.25) is 0 Å². The average molecular weight is 447 g/mol. The van der Waals surface area contributed by atoms with Gasteiger partial charge in [0.25, 0.3) is 0 Å². The van der Waals surface area contributed by atoms with Crippen molar-refractivity contribution in [1.29, 1.82) is 0 Å². The quantitative estimate of drug-likeness (QED) is 0.496. The molecule has 1 atom stereocenters. The molecule has 1 aliphatic heterocycles. The van der Waals surface area contributed by atoms with Gasteiger partial charge in [-0.25, -0.2) is 14.4 Å². The molecular weight excluding hydrogens is 419 g/mol. The number of aromatic nitrogens is 4. The van der Waals surface area contributed by atoms with Crippen LogP contribution in [0.15, 0.2) is 36.5 Å². The summed E-state index contributed by atoms with van der Waals surface area (Å²) in [4.78, 5) is 11.9. The van der Waals surface area contributed by atoms with Crippen molar-refractivity contribution in [2.24, 2.45) is 7.05 Å². The van der Waals surface area contributed by atoms with Gasteiger partial charge >= 0.3 is 0 Å². The fourth-order valence-corrected chi connectivity index (χ4v) is 5.08. The number of fused-ring (bicyclic) bond motifs is 2. The van der Waals surface area contributed by atoms with E-state index in [1.54, 1.807) is 4.68 Å². The van der Waals surface area contributed by atoms with Gasteiger partial charge in [-0.05, 0) is 56.5 Å². The van der Waals surface area contributed by atoms with E-state index >= 15 is 0 Å². The summed E-state index contributed by atoms with van der Waals surface area (Å²) in [5, 5.41) is 19.8. The van der Waals surface area contributed by atoms with Gasteiger partial charge in [0.2, 0.25) is 0 Å². The number of aryl methyl sites for hydroxylation is 2. The highest BCUT2D eigenvalue weighted by molar-refractivity contribution is 5.91. The lowest BCUT2D eigenvalue weighted by molar-refractivity contribution is 0.148. The van der Waals surface area contributed by atoms with E-state index in [-0.39, 0.29) is 5.75 Å². The summed E-state index contributed by atoms with van der Waals surface area (Å²) in [5.41, 5.74) is 4.56. The SMILES string of the molecule is Cc1c(O)c(-c2ccc3nc(N4CCC(N[C@H]5C[C@H](F)C5)C4)ccc3n2)cc2cn(C)nc12. The van der Waals surface area contributed by atoms with Crippen LogP contribution < -0.4 is 10.2 Å². The molecule has 6 rings (SSSR count). The molecule has 4 aromatic rings. The van der Waals surface area contributed by atoms with Crippen LogP contribution in [-0.4, -0.2) is 56.2 Å². The average Bonchev–Trinajstić information content (AvgIpc) is 3.41. The maximum absolute atomic E-state index is 13.1. The lowest BCUT2D eigenvalue weighted by Gasteiger charge is -2.33. The molecule has 0 spiro atoms. The second-order valence-corrected chi connectivity index (χ2v) is 9.41. The van der Waals surface area contributed by atoms with E-state index in [4.69, 9.17) is 9.97 Å². The van der Waals surface area contributed by atoms with E-state index < -0.39 is 6.17 Å². The first-order valence-electron chi connectivity index (χ1n) is 11.5. The van der Waals surface area contributed by atoms with Crippen LogP contribution in [0.4, 0.5) is 10.2 Å². The van der Waals surface area contributed by atoms with Gasteiger partial charge in [0, 0.05) is 54.9 Å². The number of phenols is 1. The molecule has 1 saturated heterocycles. The van der Waals surface area contributed by atoms with Gasteiger partial charge in [-0.3, -0.25) is 4.68 Å². The van der Waals surface area contributed by atoms with Crippen LogP contribution in [0, 0.1) is 6.92 Å². The normalized spacial score (nSPS) is 22.9. The molecule has 4 heterocycles. The number of hydrogen-bond acceptors (Lipinski definition) is 6. The lowest BCUT2D eigenvalue weighted by atomic mass is 9.90. The first-order chi connectivity index (χ1) is 15.9. The summed E-state index contributed by atoms with van der Waals surface area (Å²) < 4.78 is 14.8. The molecule has 8 heteroatoms. The number of phenolic OH excluding ortho intramolecular Hbond substituents is 1. The molecule has 3 aromatic heterocycles. The Hall–Kier alpha value is -3.26. The van der Waals surface area contributed by atoms with E-state index in [0.717, 1.165) is 52.8 Å². The molecule has 1 unspecified atom stereocenters. The maximum atomic E-state index is 13.1. The number of rotatable bonds is 4. The molecule has 7 nitrogen and oxygen atoms in total. The highest BCUT2D eigenvalue weighted by atomic mass is 19.1. The Kier molecular flexibility index (Phi) is 4.72. The zero-order chi connectivity index (χ0) is 22.7. The monoisotopic (exact) mass is 446 g/mol. The minimum absolute atomic E-state index is 0.207. The summed E-state index contributed by atoms with van der Waals surface area (Å²) in [6.07, 6.45) is 3.64. The van der Waals surface area contributed by atoms with Gasteiger partial charge in [0.15, 0.2) is 0 Å². The summed E-state index contributed by atoms with van der Waals surface area (Å²) >= 11 is 0. The number of anilines is 1. The van der Waals surface area contributed by atoms with Gasteiger partial charge in [-0.15, -0.1) is 0 Å². The molecule has 0 radical (unpaired) electrons. The van der Waals surface area contributed by atoms with Gasteiger partial charge in [0.05, 0.1) is 22.2 Å². The van der Waals surface area contributed by atoms with Crippen LogP contribution >= 0.6 is 0 Å². The Labute approximate surface area is 191 Å². The van der Waals surface area contributed by atoms with Crippen LogP contribution in [-0.2, 0) is 7.05 Å². The summed E-state index contributed by atoms with van der Waals surface area (Å²) in [5.74, 6) is 1.15. The van der Waals surface area contributed by atoms with Crippen molar-refractivity contribution in [2.75, 3.05) is 18.0 Å². The van der Waals surface area contributed by atoms with Crippen LogP contribution in [0.25, 0.3) is 33.2 Å². The zero-order valence-corrected chi connectivity index (χ0v) is 18.8. The third kappa shape index (κ3) is 3.58. The van der Waals surface area contributed by atoms with Crippen LogP contribution in [0.1, 0.15) is 24.8 Å². The van der Waals surface area contributed by atoms with Gasteiger partial charge < -0.3 is 15.3 Å². The fraction of sp³-hybridized carbons (Fsp3) is 0.400. The predicted octanol–water partition coefficient (Wildman–Crippen LogP) is 3.87. The summed E-state index contributed by atoms with van der Waals surface area (Å²) in [6, 6.07) is 10.5. The van der Waals surface area contributed by atoms with Crippen LogP contribution in [0.3, 0.4) is 0 Å². The van der Waals surface area contributed by atoms with Gasteiger partial charge in [0.1, 0.15) is 17.7 Å². The highest BCUT2D eigenvalue weighted by Crippen LogP contribution is 2.36. The molecular formula is C25H27FN6O. The Morgan fingerprint density at radius 1 is 1.09 bits per heavy atom. The molecule has 0 amide bonds. The number of nitrogens with zero attached hydrogens (tertiary/aromatic N) is 5. The number of nitrogens with one attached hydrogen (secondary N) is 1. The minimum atomic E-state index is -0.628. The molecule has 0 bridgehead atoms. The molecule has 2 fully saturated rings. The molecule has 1 aliphatic carbocycles. The smallest absolute Gasteiger partial charge is 0.130 e. The first kappa shape index (κ1) is 20.4. The number of halogens is 1. The van der Waals surface area contributed by atoms with Crippen molar-refractivity contribution < 1.29 is 9.50 Å². The molecule has 2 N–H and O–H groups in total. The van der Waals surface area contributed by atoms with Gasteiger partial charge in [-0.2, -0.15) is 5.10 Å². The van der Waals surface area contributed by atoms with Crippen molar-refractivity contribution >= 4 is 27.8 Å². The Morgan fingerprint density at radius 3 is 2.70 bits per heavy atom.